The average molecular weight is 308 g/mol. The first-order valence-electron chi connectivity index (χ1n) is 7.86. The molecular formula is C19H20N2O2. The number of nitrogens with zero attached hydrogens (tertiary/aromatic N) is 1. The standard InChI is InChI=1S/C19H20N2O2/c1-14-7-2-5-12-18(14)23-13-19(22)21-20-17-11-6-9-15-8-3-4-10-16(15)17/h2-5,7-8,10,12H,6,9,11,13H2,1H3,(H,21,22)/b20-17-. The fourth-order valence-corrected chi connectivity index (χ4v) is 2.74. The van der Waals surface area contributed by atoms with Crippen LogP contribution in [0.4, 0.5) is 0 Å². The van der Waals surface area contributed by atoms with Gasteiger partial charge in [0.05, 0.1) is 5.71 Å². The summed E-state index contributed by atoms with van der Waals surface area (Å²) in [6.45, 7) is 1.91. The lowest BCUT2D eigenvalue weighted by Gasteiger charge is -2.17. The number of hydrazone groups is 1. The molecule has 1 aliphatic rings. The summed E-state index contributed by atoms with van der Waals surface area (Å²) < 4.78 is 5.53. The summed E-state index contributed by atoms with van der Waals surface area (Å²) in [5.41, 5.74) is 6.99. The topological polar surface area (TPSA) is 50.7 Å². The van der Waals surface area contributed by atoms with Crippen molar-refractivity contribution in [3.63, 3.8) is 0 Å². The van der Waals surface area contributed by atoms with E-state index in [0.717, 1.165) is 41.9 Å². The van der Waals surface area contributed by atoms with Crippen LogP contribution in [0.1, 0.15) is 29.5 Å². The molecule has 3 rings (SSSR count). The molecule has 0 saturated heterocycles. The monoisotopic (exact) mass is 308 g/mol. The Morgan fingerprint density at radius 1 is 1.13 bits per heavy atom. The highest BCUT2D eigenvalue weighted by molar-refractivity contribution is 6.03. The van der Waals surface area contributed by atoms with Crippen molar-refractivity contribution in [2.45, 2.75) is 26.2 Å². The van der Waals surface area contributed by atoms with Gasteiger partial charge in [-0.3, -0.25) is 4.79 Å². The van der Waals surface area contributed by atoms with E-state index >= 15 is 0 Å². The van der Waals surface area contributed by atoms with Crippen LogP contribution in [0.2, 0.25) is 0 Å². The summed E-state index contributed by atoms with van der Waals surface area (Å²) >= 11 is 0. The molecule has 1 aliphatic carbocycles. The van der Waals surface area contributed by atoms with Crippen LogP contribution >= 0.6 is 0 Å². The number of aryl methyl sites for hydroxylation is 2. The number of fused-ring (bicyclic) bond motifs is 1. The molecule has 0 unspecified atom stereocenters. The van der Waals surface area contributed by atoms with Crippen LogP contribution in [0.3, 0.4) is 0 Å². The Morgan fingerprint density at radius 3 is 2.78 bits per heavy atom. The zero-order valence-corrected chi connectivity index (χ0v) is 13.2. The van der Waals surface area contributed by atoms with Gasteiger partial charge in [-0.05, 0) is 43.4 Å². The number of para-hydroxylation sites is 1. The molecule has 0 aliphatic heterocycles. The third kappa shape index (κ3) is 3.77. The summed E-state index contributed by atoms with van der Waals surface area (Å²) in [7, 11) is 0. The van der Waals surface area contributed by atoms with Gasteiger partial charge in [-0.1, -0.05) is 42.5 Å². The molecule has 4 heteroatoms. The number of benzene rings is 2. The molecular weight excluding hydrogens is 288 g/mol. The van der Waals surface area contributed by atoms with Crippen molar-refractivity contribution < 1.29 is 9.53 Å². The van der Waals surface area contributed by atoms with Crippen molar-refractivity contribution in [2.24, 2.45) is 5.10 Å². The van der Waals surface area contributed by atoms with E-state index in [0.29, 0.717) is 0 Å². The van der Waals surface area contributed by atoms with Gasteiger partial charge in [0.1, 0.15) is 5.75 Å². The summed E-state index contributed by atoms with van der Waals surface area (Å²) in [6.07, 6.45) is 3.01. The lowest BCUT2D eigenvalue weighted by Crippen LogP contribution is -2.27. The van der Waals surface area contributed by atoms with Crippen LogP contribution in [0.5, 0.6) is 5.75 Å². The molecule has 23 heavy (non-hydrogen) atoms. The Labute approximate surface area is 136 Å². The molecule has 1 N–H and O–H groups in total. The van der Waals surface area contributed by atoms with E-state index in [1.54, 1.807) is 0 Å². The number of carbonyl (C=O) groups excluding carboxylic acids is 1. The summed E-state index contributed by atoms with van der Waals surface area (Å²) in [6, 6.07) is 15.8. The van der Waals surface area contributed by atoms with Crippen molar-refractivity contribution in [3.8, 4) is 5.75 Å². The van der Waals surface area contributed by atoms with Crippen molar-refractivity contribution in [1.29, 1.82) is 0 Å². The molecule has 0 saturated carbocycles. The Morgan fingerprint density at radius 2 is 1.91 bits per heavy atom. The maximum atomic E-state index is 11.9. The number of rotatable bonds is 4. The minimum absolute atomic E-state index is 0.0384. The lowest BCUT2D eigenvalue weighted by molar-refractivity contribution is -0.123. The second kappa shape index (κ2) is 7.09. The molecule has 0 heterocycles. The van der Waals surface area contributed by atoms with Gasteiger partial charge in [-0.25, -0.2) is 5.43 Å². The molecule has 0 bridgehead atoms. The van der Waals surface area contributed by atoms with Gasteiger partial charge in [-0.15, -0.1) is 0 Å². The number of amides is 1. The van der Waals surface area contributed by atoms with Crippen molar-refractivity contribution in [2.75, 3.05) is 6.61 Å². The zero-order valence-electron chi connectivity index (χ0n) is 13.2. The number of carbonyl (C=O) groups is 1. The van der Waals surface area contributed by atoms with E-state index in [4.69, 9.17) is 4.74 Å². The Kier molecular flexibility index (Phi) is 4.71. The number of hydrogen-bond donors (Lipinski definition) is 1. The Hall–Kier alpha value is -2.62. The molecule has 0 aromatic heterocycles. The molecule has 0 fully saturated rings. The zero-order chi connectivity index (χ0) is 16.1. The minimum atomic E-state index is -0.246. The van der Waals surface area contributed by atoms with Gasteiger partial charge in [0, 0.05) is 5.56 Å². The largest absolute Gasteiger partial charge is 0.483 e. The highest BCUT2D eigenvalue weighted by Crippen LogP contribution is 2.21. The van der Waals surface area contributed by atoms with Crippen molar-refractivity contribution >= 4 is 11.6 Å². The van der Waals surface area contributed by atoms with E-state index < -0.39 is 0 Å². The fourth-order valence-electron chi connectivity index (χ4n) is 2.74. The van der Waals surface area contributed by atoms with E-state index in [1.807, 2.05) is 43.3 Å². The molecule has 0 radical (unpaired) electrons. The second-order valence-electron chi connectivity index (χ2n) is 5.66. The SMILES string of the molecule is Cc1ccccc1OCC(=O)N/N=C1/CCCc2ccccc21. The van der Waals surface area contributed by atoms with E-state index in [1.165, 1.54) is 5.56 Å². The highest BCUT2D eigenvalue weighted by atomic mass is 16.5. The first kappa shape index (κ1) is 15.3. The molecule has 2 aromatic carbocycles. The van der Waals surface area contributed by atoms with Crippen LogP contribution < -0.4 is 10.2 Å². The van der Waals surface area contributed by atoms with Crippen molar-refractivity contribution in [1.82, 2.24) is 5.43 Å². The summed E-state index contributed by atoms with van der Waals surface area (Å²) in [5, 5.41) is 4.30. The minimum Gasteiger partial charge on any atom is -0.483 e. The van der Waals surface area contributed by atoms with Gasteiger partial charge in [0.25, 0.3) is 5.91 Å². The number of nitrogens with one attached hydrogen (secondary N) is 1. The van der Waals surface area contributed by atoms with Crippen LogP contribution in [0.25, 0.3) is 0 Å². The average Bonchev–Trinajstić information content (AvgIpc) is 2.59. The molecule has 118 valence electrons. The fraction of sp³-hybridized carbons (Fsp3) is 0.263. The van der Waals surface area contributed by atoms with Gasteiger partial charge >= 0.3 is 0 Å². The molecule has 0 spiro atoms. The number of hydrogen-bond acceptors (Lipinski definition) is 3. The molecule has 4 nitrogen and oxygen atoms in total. The second-order valence-corrected chi connectivity index (χ2v) is 5.66. The Balaban J connectivity index is 1.60. The maximum absolute atomic E-state index is 11.9. The van der Waals surface area contributed by atoms with Crippen LogP contribution in [-0.2, 0) is 11.2 Å². The highest BCUT2D eigenvalue weighted by Gasteiger charge is 2.15. The van der Waals surface area contributed by atoms with E-state index in [9.17, 15) is 4.79 Å². The molecule has 2 aromatic rings. The third-order valence-corrected chi connectivity index (χ3v) is 3.96. The molecule has 0 atom stereocenters. The smallest absolute Gasteiger partial charge is 0.277 e. The quantitative estimate of drug-likeness (QED) is 0.882. The lowest BCUT2D eigenvalue weighted by atomic mass is 9.90. The summed E-state index contributed by atoms with van der Waals surface area (Å²) in [5.74, 6) is 0.474. The Bertz CT molecular complexity index is 738. The normalized spacial score (nSPS) is 15.1. The predicted octanol–water partition coefficient (Wildman–Crippen LogP) is 3.23. The number of ether oxygens (including phenoxy) is 1. The van der Waals surface area contributed by atoms with Crippen molar-refractivity contribution in [3.05, 3.63) is 65.2 Å². The van der Waals surface area contributed by atoms with Crippen LogP contribution in [0, 0.1) is 6.92 Å². The van der Waals surface area contributed by atoms with Crippen LogP contribution in [-0.4, -0.2) is 18.2 Å². The molecule has 1 amide bonds. The van der Waals surface area contributed by atoms with Gasteiger partial charge < -0.3 is 4.74 Å². The first-order valence-corrected chi connectivity index (χ1v) is 7.86. The van der Waals surface area contributed by atoms with Gasteiger partial charge in [0.15, 0.2) is 6.61 Å². The predicted molar refractivity (Wildman–Crippen MR) is 90.7 cm³/mol. The van der Waals surface area contributed by atoms with Gasteiger partial charge in [0.2, 0.25) is 0 Å². The maximum Gasteiger partial charge on any atom is 0.277 e. The van der Waals surface area contributed by atoms with E-state index in [-0.39, 0.29) is 12.5 Å². The van der Waals surface area contributed by atoms with Crippen LogP contribution in [0.15, 0.2) is 53.6 Å². The summed E-state index contributed by atoms with van der Waals surface area (Å²) in [4.78, 5) is 11.9. The first-order chi connectivity index (χ1) is 11.2. The third-order valence-electron chi connectivity index (χ3n) is 3.96. The van der Waals surface area contributed by atoms with Gasteiger partial charge in [-0.2, -0.15) is 5.10 Å². The van der Waals surface area contributed by atoms with E-state index in [2.05, 4.69) is 22.7 Å².